The highest BCUT2D eigenvalue weighted by Crippen LogP contribution is 2.31. The van der Waals surface area contributed by atoms with Gasteiger partial charge in [0.1, 0.15) is 0 Å². The van der Waals surface area contributed by atoms with Crippen molar-refractivity contribution in [2.75, 3.05) is 13.1 Å². The molecule has 6 heteroatoms. The largest absolute Gasteiger partial charge is 0.465 e. The summed E-state index contributed by atoms with van der Waals surface area (Å²) in [6.07, 6.45) is 0.390. The van der Waals surface area contributed by atoms with Crippen molar-refractivity contribution in [2.24, 2.45) is 0 Å². The lowest BCUT2D eigenvalue weighted by Crippen LogP contribution is -2.31. The van der Waals surface area contributed by atoms with Crippen molar-refractivity contribution in [1.29, 1.82) is 0 Å². The summed E-state index contributed by atoms with van der Waals surface area (Å²) in [7, 11) is 0. The van der Waals surface area contributed by atoms with E-state index in [0.717, 1.165) is 22.5 Å². The molecule has 0 atom stereocenters. The van der Waals surface area contributed by atoms with Gasteiger partial charge in [0.05, 0.1) is 17.9 Å². The van der Waals surface area contributed by atoms with E-state index in [1.54, 1.807) is 0 Å². The molecule has 1 aromatic heterocycles. The van der Waals surface area contributed by atoms with Gasteiger partial charge in [-0.3, -0.25) is 4.68 Å². The van der Waals surface area contributed by atoms with E-state index < -0.39 is 6.09 Å². The van der Waals surface area contributed by atoms with Gasteiger partial charge in [0.15, 0.2) is 0 Å². The second-order valence-electron chi connectivity index (χ2n) is 7.85. The van der Waals surface area contributed by atoms with E-state index in [2.05, 4.69) is 47.1 Å². The Kier molecular flexibility index (Phi) is 5.12. The van der Waals surface area contributed by atoms with Crippen molar-refractivity contribution >= 4 is 28.5 Å². The zero-order valence-corrected chi connectivity index (χ0v) is 17.7. The summed E-state index contributed by atoms with van der Waals surface area (Å²) in [4.78, 5) is 13.0. The van der Waals surface area contributed by atoms with Crippen LogP contribution in [0.5, 0.6) is 0 Å². The average Bonchev–Trinajstić information content (AvgIpc) is 2.97. The second kappa shape index (κ2) is 8.08. The minimum absolute atomic E-state index is 0.466. The third-order valence-electron chi connectivity index (χ3n) is 5.97. The summed E-state index contributed by atoms with van der Waals surface area (Å²) in [6, 6.07) is 22.5. The van der Waals surface area contributed by atoms with Crippen LogP contribution in [-0.4, -0.2) is 39.0 Å². The van der Waals surface area contributed by atoms with Gasteiger partial charge in [-0.05, 0) is 34.9 Å². The van der Waals surface area contributed by atoms with Crippen molar-refractivity contribution in [2.45, 2.75) is 19.4 Å². The van der Waals surface area contributed by atoms with Gasteiger partial charge in [-0.25, -0.2) is 4.79 Å². The Morgan fingerprint density at radius 2 is 1.71 bits per heavy atom. The molecule has 2 heterocycles. The molecule has 31 heavy (non-hydrogen) atoms. The summed E-state index contributed by atoms with van der Waals surface area (Å²) >= 11 is 6.14. The number of hydrogen-bond acceptors (Lipinski definition) is 2. The lowest BCUT2D eigenvalue weighted by molar-refractivity contribution is 0.147. The second-order valence-corrected chi connectivity index (χ2v) is 8.28. The van der Waals surface area contributed by atoms with Gasteiger partial charge in [0.25, 0.3) is 0 Å². The molecule has 0 bridgehead atoms. The van der Waals surface area contributed by atoms with Crippen LogP contribution in [0.3, 0.4) is 0 Å². The predicted molar refractivity (Wildman–Crippen MR) is 123 cm³/mol. The number of rotatable bonds is 3. The van der Waals surface area contributed by atoms with Gasteiger partial charge in [0.2, 0.25) is 0 Å². The van der Waals surface area contributed by atoms with Crippen LogP contribution in [-0.2, 0) is 19.4 Å². The molecule has 0 unspecified atom stereocenters. The maximum Gasteiger partial charge on any atom is 0.407 e. The number of fused-ring (bicyclic) bond motifs is 2. The van der Waals surface area contributed by atoms with E-state index in [4.69, 9.17) is 16.7 Å². The summed E-state index contributed by atoms with van der Waals surface area (Å²) in [6.45, 7) is 1.59. The van der Waals surface area contributed by atoms with Crippen LogP contribution in [0, 0.1) is 0 Å². The monoisotopic (exact) mass is 431 g/mol. The summed E-state index contributed by atoms with van der Waals surface area (Å²) in [5.74, 6) is 0. The first-order chi connectivity index (χ1) is 15.1. The van der Waals surface area contributed by atoms with Crippen LogP contribution < -0.4 is 0 Å². The lowest BCUT2D eigenvalue weighted by Gasteiger charge is -2.16. The van der Waals surface area contributed by atoms with Crippen LogP contribution in [0.2, 0.25) is 5.02 Å². The predicted octanol–water partition coefficient (Wildman–Crippen LogP) is 5.48. The van der Waals surface area contributed by atoms with E-state index in [1.807, 2.05) is 24.3 Å². The first-order valence-corrected chi connectivity index (χ1v) is 10.8. The molecule has 5 rings (SSSR count). The highest BCUT2D eigenvalue weighted by molar-refractivity contribution is 6.30. The molecule has 0 fully saturated rings. The fourth-order valence-electron chi connectivity index (χ4n) is 4.44. The fraction of sp³-hybridized carbons (Fsp3) is 0.200. The number of hydrogen-bond donors (Lipinski definition) is 1. The molecule has 1 aliphatic rings. The van der Waals surface area contributed by atoms with Crippen molar-refractivity contribution in [3.8, 4) is 11.3 Å². The van der Waals surface area contributed by atoms with E-state index in [1.165, 1.54) is 21.2 Å². The highest BCUT2D eigenvalue weighted by atomic mass is 35.5. The number of nitrogens with zero attached hydrogens (tertiary/aromatic N) is 3. The molecule has 0 radical (unpaired) electrons. The Morgan fingerprint density at radius 1 is 0.968 bits per heavy atom. The van der Waals surface area contributed by atoms with Crippen LogP contribution in [0.25, 0.3) is 22.0 Å². The third-order valence-corrected chi connectivity index (χ3v) is 6.22. The summed E-state index contributed by atoms with van der Waals surface area (Å²) in [5, 5.41) is 17.5. The third kappa shape index (κ3) is 3.77. The van der Waals surface area contributed by atoms with Gasteiger partial charge in [-0.2, -0.15) is 5.10 Å². The molecule has 5 nitrogen and oxygen atoms in total. The van der Waals surface area contributed by atoms with Crippen LogP contribution in [0.4, 0.5) is 4.79 Å². The van der Waals surface area contributed by atoms with Gasteiger partial charge in [-0.15, -0.1) is 0 Å². The zero-order chi connectivity index (χ0) is 21.4. The molecular weight excluding hydrogens is 410 g/mol. The molecule has 0 saturated carbocycles. The molecule has 0 saturated heterocycles. The first-order valence-electron chi connectivity index (χ1n) is 10.4. The average molecular weight is 432 g/mol. The van der Waals surface area contributed by atoms with Gasteiger partial charge in [0, 0.05) is 35.7 Å². The van der Waals surface area contributed by atoms with E-state index in [9.17, 15) is 9.90 Å². The number of amides is 1. The van der Waals surface area contributed by atoms with Crippen LogP contribution in [0.1, 0.15) is 16.8 Å². The maximum absolute atomic E-state index is 11.5. The number of benzene rings is 3. The molecule has 0 spiro atoms. The summed E-state index contributed by atoms with van der Waals surface area (Å²) < 4.78 is 2.08. The van der Waals surface area contributed by atoms with Crippen molar-refractivity contribution in [3.05, 3.63) is 88.6 Å². The minimum atomic E-state index is -0.873. The molecule has 3 aromatic carbocycles. The smallest absolute Gasteiger partial charge is 0.407 e. The number of halogens is 1. The zero-order valence-electron chi connectivity index (χ0n) is 17.0. The molecule has 156 valence electrons. The van der Waals surface area contributed by atoms with Gasteiger partial charge >= 0.3 is 6.09 Å². The Morgan fingerprint density at radius 3 is 2.52 bits per heavy atom. The Hall–Kier alpha value is -3.31. The highest BCUT2D eigenvalue weighted by Gasteiger charge is 2.25. The molecule has 4 aromatic rings. The Balaban J connectivity index is 1.61. The number of aromatic nitrogens is 2. The Labute approximate surface area is 185 Å². The normalized spacial score (nSPS) is 13.8. The van der Waals surface area contributed by atoms with E-state index >= 15 is 0 Å². The molecule has 1 amide bonds. The molecular formula is C25H22ClN3O2. The standard InChI is InChI=1S/C25H22ClN3O2/c26-20-10-8-18(9-11-20)24-22-12-14-28(25(30)31)15-13-23(22)27-29(24)16-19-6-3-5-17-4-1-2-7-21(17)19/h1-11H,12-16H2,(H,30,31). The first kappa shape index (κ1) is 19.6. The van der Waals surface area contributed by atoms with Crippen molar-refractivity contribution in [3.63, 3.8) is 0 Å². The topological polar surface area (TPSA) is 58.4 Å². The Bertz CT molecular complexity index is 1260. The SMILES string of the molecule is O=C(O)N1CCc2nn(Cc3cccc4ccccc34)c(-c3ccc(Cl)cc3)c2CC1. The fourth-order valence-corrected chi connectivity index (χ4v) is 4.57. The van der Waals surface area contributed by atoms with E-state index in [-0.39, 0.29) is 0 Å². The summed E-state index contributed by atoms with van der Waals surface area (Å²) in [5.41, 5.74) is 5.41. The maximum atomic E-state index is 11.5. The van der Waals surface area contributed by atoms with Gasteiger partial charge < -0.3 is 10.0 Å². The van der Waals surface area contributed by atoms with Crippen LogP contribution >= 0.6 is 11.6 Å². The number of carbonyl (C=O) groups is 1. The molecule has 1 aliphatic heterocycles. The van der Waals surface area contributed by atoms with Crippen LogP contribution in [0.15, 0.2) is 66.7 Å². The molecule has 0 aliphatic carbocycles. The van der Waals surface area contributed by atoms with Gasteiger partial charge in [-0.1, -0.05) is 66.2 Å². The van der Waals surface area contributed by atoms with Crippen molar-refractivity contribution in [1.82, 2.24) is 14.7 Å². The molecule has 1 N–H and O–H groups in total. The quantitative estimate of drug-likeness (QED) is 0.467. The minimum Gasteiger partial charge on any atom is -0.465 e. The lowest BCUT2D eigenvalue weighted by atomic mass is 10.0. The van der Waals surface area contributed by atoms with E-state index in [0.29, 0.717) is 37.5 Å². The van der Waals surface area contributed by atoms with Crippen molar-refractivity contribution < 1.29 is 9.90 Å². The number of carboxylic acid groups (broad SMARTS) is 1.